The average molecular weight is 502 g/mol. The van der Waals surface area contributed by atoms with Gasteiger partial charge in [-0.25, -0.2) is 18.2 Å². The van der Waals surface area contributed by atoms with E-state index in [0.717, 1.165) is 17.2 Å². The van der Waals surface area contributed by atoms with Crippen molar-refractivity contribution in [3.63, 3.8) is 0 Å². The zero-order chi connectivity index (χ0) is 25.8. The third-order valence-corrected chi connectivity index (χ3v) is 5.78. The van der Waals surface area contributed by atoms with Gasteiger partial charge in [0.2, 0.25) is 11.8 Å². The molecule has 0 amide bonds. The molecule has 0 bridgehead atoms. The Morgan fingerprint density at radius 3 is 2.46 bits per heavy atom. The molecule has 5 rings (SSSR count). The normalized spacial score (nSPS) is 12.0. The van der Waals surface area contributed by atoms with E-state index in [0.29, 0.717) is 11.1 Å². The van der Waals surface area contributed by atoms with Gasteiger partial charge in [0.25, 0.3) is 0 Å². The molecule has 1 atom stereocenters. The zero-order valence-electron chi connectivity index (χ0n) is 19.5. The second-order valence-corrected chi connectivity index (χ2v) is 8.27. The van der Waals surface area contributed by atoms with Gasteiger partial charge in [-0.15, -0.1) is 10.2 Å². The van der Waals surface area contributed by atoms with Gasteiger partial charge in [0.05, 0.1) is 19.5 Å². The lowest BCUT2D eigenvalue weighted by Crippen LogP contribution is -2.14. The molecule has 6 nitrogen and oxygen atoms in total. The number of halogens is 3. The molecule has 37 heavy (non-hydrogen) atoms. The van der Waals surface area contributed by atoms with Crippen LogP contribution in [0.4, 0.5) is 13.2 Å². The topological polar surface area (TPSA) is 66.0 Å². The highest BCUT2D eigenvalue weighted by Gasteiger charge is 2.19. The van der Waals surface area contributed by atoms with E-state index in [2.05, 4.69) is 21.8 Å². The Kier molecular flexibility index (Phi) is 6.96. The second-order valence-electron chi connectivity index (χ2n) is 8.27. The Labute approximate surface area is 210 Å². The first-order valence-electron chi connectivity index (χ1n) is 11.4. The maximum atomic E-state index is 14.6. The molecule has 9 heteroatoms. The molecule has 3 aromatic carbocycles. The van der Waals surface area contributed by atoms with Crippen LogP contribution in [0.3, 0.4) is 0 Å². The van der Waals surface area contributed by atoms with Crippen molar-refractivity contribution >= 4 is 6.08 Å². The van der Waals surface area contributed by atoms with Crippen molar-refractivity contribution in [3.8, 4) is 22.9 Å². The number of aromatic nitrogens is 4. The standard InChI is InChI=1S/C28H21F3N4O2/c1-2-19-4-3-18(13-24(19)28-34-33-27(37-28)20-5-7-21(29)8-6-20)16-36-26(15-35-12-11-32-17-35)23-10-9-22(30)14-25(23)31/h2-14,17,26H,1,15-16H2. The highest BCUT2D eigenvalue weighted by molar-refractivity contribution is 5.70. The van der Waals surface area contributed by atoms with Gasteiger partial charge < -0.3 is 13.7 Å². The molecule has 5 aromatic rings. The first-order chi connectivity index (χ1) is 18.0. The fourth-order valence-electron chi connectivity index (χ4n) is 3.88. The van der Waals surface area contributed by atoms with Crippen LogP contribution in [0.5, 0.6) is 0 Å². The van der Waals surface area contributed by atoms with E-state index in [-0.39, 0.29) is 36.3 Å². The van der Waals surface area contributed by atoms with Gasteiger partial charge in [0.1, 0.15) is 23.6 Å². The predicted octanol–water partition coefficient (Wildman–Crippen LogP) is 6.62. The van der Waals surface area contributed by atoms with E-state index in [1.54, 1.807) is 41.5 Å². The first kappa shape index (κ1) is 24.2. The van der Waals surface area contributed by atoms with Crippen LogP contribution in [0, 0.1) is 17.5 Å². The van der Waals surface area contributed by atoms with Gasteiger partial charge in [-0.05, 0) is 47.5 Å². The van der Waals surface area contributed by atoms with E-state index >= 15 is 0 Å². The van der Waals surface area contributed by atoms with Gasteiger partial charge in [0.15, 0.2) is 0 Å². The van der Waals surface area contributed by atoms with E-state index < -0.39 is 17.7 Å². The van der Waals surface area contributed by atoms with Crippen LogP contribution in [0.15, 0.2) is 90.4 Å². The summed E-state index contributed by atoms with van der Waals surface area (Å²) in [7, 11) is 0. The summed E-state index contributed by atoms with van der Waals surface area (Å²) >= 11 is 0. The van der Waals surface area contributed by atoms with E-state index in [1.165, 1.54) is 24.3 Å². The first-order valence-corrected chi connectivity index (χ1v) is 11.4. The lowest BCUT2D eigenvalue weighted by atomic mass is 10.0. The van der Waals surface area contributed by atoms with Gasteiger partial charge in [-0.2, -0.15) is 0 Å². The van der Waals surface area contributed by atoms with E-state index in [1.807, 2.05) is 18.2 Å². The number of nitrogens with zero attached hydrogens (tertiary/aromatic N) is 4. The van der Waals surface area contributed by atoms with Crippen molar-refractivity contribution < 1.29 is 22.3 Å². The Morgan fingerprint density at radius 2 is 1.73 bits per heavy atom. The summed E-state index contributed by atoms with van der Waals surface area (Å²) < 4.78 is 55.1. The van der Waals surface area contributed by atoms with Gasteiger partial charge >= 0.3 is 0 Å². The third-order valence-electron chi connectivity index (χ3n) is 5.78. The molecular formula is C28H21F3N4O2. The number of ether oxygens (including phenoxy) is 1. The molecule has 0 saturated heterocycles. The summed E-state index contributed by atoms with van der Waals surface area (Å²) in [5.74, 6) is -1.20. The number of hydrogen-bond acceptors (Lipinski definition) is 5. The van der Waals surface area contributed by atoms with Crippen molar-refractivity contribution in [2.45, 2.75) is 19.3 Å². The van der Waals surface area contributed by atoms with Crippen molar-refractivity contribution in [1.29, 1.82) is 0 Å². The number of rotatable bonds is 9. The molecule has 0 N–H and O–H groups in total. The van der Waals surface area contributed by atoms with Crippen LogP contribution in [-0.2, 0) is 17.9 Å². The number of imidazole rings is 1. The SMILES string of the molecule is C=Cc1ccc(COC(Cn2ccnc2)c2ccc(F)cc2F)cc1-c1nnc(-c2ccc(F)cc2)o1. The van der Waals surface area contributed by atoms with Crippen molar-refractivity contribution in [1.82, 2.24) is 19.7 Å². The molecule has 0 aliphatic heterocycles. The van der Waals surface area contributed by atoms with Crippen molar-refractivity contribution in [2.24, 2.45) is 0 Å². The van der Waals surface area contributed by atoms with Crippen molar-refractivity contribution in [2.75, 3.05) is 0 Å². The molecule has 1 unspecified atom stereocenters. The molecule has 0 radical (unpaired) electrons. The van der Waals surface area contributed by atoms with Crippen LogP contribution in [-0.4, -0.2) is 19.7 Å². The molecule has 2 heterocycles. The van der Waals surface area contributed by atoms with E-state index in [4.69, 9.17) is 9.15 Å². The van der Waals surface area contributed by atoms with E-state index in [9.17, 15) is 13.2 Å². The molecular weight excluding hydrogens is 481 g/mol. The highest BCUT2D eigenvalue weighted by atomic mass is 19.1. The molecule has 0 fully saturated rings. The Bertz CT molecular complexity index is 1520. The fraction of sp³-hybridized carbons (Fsp3) is 0.107. The average Bonchev–Trinajstić information content (AvgIpc) is 3.60. The summed E-state index contributed by atoms with van der Waals surface area (Å²) in [5, 5.41) is 8.24. The monoisotopic (exact) mass is 502 g/mol. The Morgan fingerprint density at radius 1 is 0.946 bits per heavy atom. The molecule has 0 aliphatic carbocycles. The third kappa shape index (κ3) is 5.52. The molecule has 0 saturated carbocycles. The van der Waals surface area contributed by atoms with Gasteiger partial charge in [-0.1, -0.05) is 30.9 Å². The fourth-order valence-corrected chi connectivity index (χ4v) is 3.88. The highest BCUT2D eigenvalue weighted by Crippen LogP contribution is 2.30. The lowest BCUT2D eigenvalue weighted by molar-refractivity contribution is 0.0256. The Hall–Kier alpha value is -4.50. The second kappa shape index (κ2) is 10.6. The van der Waals surface area contributed by atoms with Crippen LogP contribution in [0.2, 0.25) is 0 Å². The summed E-state index contributed by atoms with van der Waals surface area (Å²) in [6, 6.07) is 14.7. The predicted molar refractivity (Wildman–Crippen MR) is 131 cm³/mol. The quantitative estimate of drug-likeness (QED) is 0.227. The summed E-state index contributed by atoms with van der Waals surface area (Å²) in [5.41, 5.74) is 2.98. The molecule has 2 aromatic heterocycles. The maximum Gasteiger partial charge on any atom is 0.248 e. The minimum Gasteiger partial charge on any atom is -0.416 e. The minimum absolute atomic E-state index is 0.125. The smallest absolute Gasteiger partial charge is 0.248 e. The Balaban J connectivity index is 1.40. The van der Waals surface area contributed by atoms with Crippen LogP contribution in [0.25, 0.3) is 29.0 Å². The molecule has 0 spiro atoms. The van der Waals surface area contributed by atoms with Crippen molar-refractivity contribution in [3.05, 3.63) is 120 Å². The largest absolute Gasteiger partial charge is 0.416 e. The maximum absolute atomic E-state index is 14.6. The summed E-state index contributed by atoms with van der Waals surface area (Å²) in [4.78, 5) is 4.02. The molecule has 186 valence electrons. The molecule has 0 aliphatic rings. The van der Waals surface area contributed by atoms with Crippen LogP contribution >= 0.6 is 0 Å². The number of hydrogen-bond donors (Lipinski definition) is 0. The lowest BCUT2D eigenvalue weighted by Gasteiger charge is -2.20. The van der Waals surface area contributed by atoms with Gasteiger partial charge in [-0.3, -0.25) is 0 Å². The minimum atomic E-state index is -0.703. The van der Waals surface area contributed by atoms with Crippen LogP contribution < -0.4 is 0 Å². The zero-order valence-corrected chi connectivity index (χ0v) is 19.5. The number of benzene rings is 3. The summed E-state index contributed by atoms with van der Waals surface area (Å²) in [6.07, 6.45) is 5.91. The summed E-state index contributed by atoms with van der Waals surface area (Å²) in [6.45, 7) is 4.26. The van der Waals surface area contributed by atoms with Crippen LogP contribution in [0.1, 0.15) is 22.8 Å². The van der Waals surface area contributed by atoms with Gasteiger partial charge in [0, 0.05) is 35.2 Å².